The zero-order valence-electron chi connectivity index (χ0n) is 9.08. The fraction of sp³-hybridized carbons (Fsp3) is 1.00. The molecule has 14 heavy (non-hydrogen) atoms. The van der Waals surface area contributed by atoms with E-state index in [0.29, 0.717) is 6.04 Å². The summed E-state index contributed by atoms with van der Waals surface area (Å²) in [6, 6.07) is 0.359. The van der Waals surface area contributed by atoms with Crippen LogP contribution >= 0.6 is 0 Å². The number of hydrogen-bond acceptors (Lipinski definition) is 3. The van der Waals surface area contributed by atoms with Crippen LogP contribution in [0.25, 0.3) is 0 Å². The number of aliphatic hydroxyl groups excluding tert-OH is 2. The normalized spacial score (nSPS) is 29.1. The summed E-state index contributed by atoms with van der Waals surface area (Å²) in [6.45, 7) is 2.36. The van der Waals surface area contributed by atoms with E-state index in [2.05, 4.69) is 12.2 Å². The molecule has 3 N–H and O–H groups in total. The van der Waals surface area contributed by atoms with Crippen molar-refractivity contribution in [1.82, 2.24) is 5.32 Å². The lowest BCUT2D eigenvalue weighted by molar-refractivity contribution is 0.159. The topological polar surface area (TPSA) is 52.5 Å². The van der Waals surface area contributed by atoms with Crippen molar-refractivity contribution >= 4 is 0 Å². The molecule has 0 aromatic carbocycles. The van der Waals surface area contributed by atoms with Gasteiger partial charge in [-0.1, -0.05) is 19.8 Å². The predicted octanol–water partition coefficient (Wildman–Crippen LogP) is 0.898. The fourth-order valence-corrected chi connectivity index (χ4v) is 2.15. The zero-order valence-corrected chi connectivity index (χ0v) is 9.08. The maximum absolute atomic E-state index is 8.96. The van der Waals surface area contributed by atoms with Crippen LogP contribution in [0.15, 0.2) is 0 Å². The van der Waals surface area contributed by atoms with E-state index in [1.54, 1.807) is 0 Å². The summed E-state index contributed by atoms with van der Waals surface area (Å²) in [5.74, 6) is 0.837. The number of rotatable bonds is 4. The average molecular weight is 201 g/mol. The molecule has 1 fully saturated rings. The summed E-state index contributed by atoms with van der Waals surface area (Å²) in [5, 5.41) is 21.2. The maximum atomic E-state index is 8.96. The second-order valence-corrected chi connectivity index (χ2v) is 4.54. The molecule has 0 aromatic rings. The van der Waals surface area contributed by atoms with Crippen LogP contribution in [0, 0.1) is 5.92 Å². The summed E-state index contributed by atoms with van der Waals surface area (Å²) in [7, 11) is 0. The van der Waals surface area contributed by atoms with Crippen molar-refractivity contribution < 1.29 is 10.2 Å². The standard InChI is InChI=1S/C11H23NO2/c1-9-3-2-4-10(6-5-9)12-11(7-13)8-14/h9-14H,2-8H2,1H3. The van der Waals surface area contributed by atoms with Gasteiger partial charge in [-0.25, -0.2) is 0 Å². The van der Waals surface area contributed by atoms with E-state index in [1.165, 1.54) is 32.1 Å². The van der Waals surface area contributed by atoms with E-state index in [1.807, 2.05) is 0 Å². The average Bonchev–Trinajstić information content (AvgIpc) is 2.40. The van der Waals surface area contributed by atoms with E-state index in [9.17, 15) is 0 Å². The molecule has 0 radical (unpaired) electrons. The van der Waals surface area contributed by atoms with Crippen LogP contribution in [0.4, 0.5) is 0 Å². The SMILES string of the molecule is CC1CCCC(NC(CO)CO)CC1. The van der Waals surface area contributed by atoms with Gasteiger partial charge < -0.3 is 15.5 Å². The van der Waals surface area contributed by atoms with Crippen LogP contribution < -0.4 is 5.32 Å². The van der Waals surface area contributed by atoms with E-state index in [0.717, 1.165) is 5.92 Å². The molecular weight excluding hydrogens is 178 g/mol. The van der Waals surface area contributed by atoms with Gasteiger partial charge in [0.1, 0.15) is 0 Å². The van der Waals surface area contributed by atoms with Gasteiger partial charge in [0.2, 0.25) is 0 Å². The summed E-state index contributed by atoms with van der Waals surface area (Å²) in [5.41, 5.74) is 0. The highest BCUT2D eigenvalue weighted by Crippen LogP contribution is 2.22. The number of nitrogens with one attached hydrogen (secondary N) is 1. The van der Waals surface area contributed by atoms with Crippen molar-refractivity contribution in [2.24, 2.45) is 5.92 Å². The molecule has 0 heterocycles. The molecule has 1 saturated carbocycles. The Morgan fingerprint density at radius 3 is 2.50 bits per heavy atom. The van der Waals surface area contributed by atoms with Gasteiger partial charge in [-0.2, -0.15) is 0 Å². The third-order valence-electron chi connectivity index (χ3n) is 3.17. The Labute approximate surface area is 86.5 Å². The molecule has 2 unspecified atom stereocenters. The molecule has 0 aliphatic heterocycles. The summed E-state index contributed by atoms with van der Waals surface area (Å²) in [6.07, 6.45) is 6.21. The first-order valence-corrected chi connectivity index (χ1v) is 5.74. The first-order chi connectivity index (χ1) is 6.76. The molecule has 3 heteroatoms. The third-order valence-corrected chi connectivity index (χ3v) is 3.17. The molecule has 0 amide bonds. The Balaban J connectivity index is 2.29. The molecule has 0 saturated heterocycles. The minimum absolute atomic E-state index is 0.0303. The van der Waals surface area contributed by atoms with Crippen molar-refractivity contribution in [1.29, 1.82) is 0 Å². The summed E-state index contributed by atoms with van der Waals surface area (Å²) in [4.78, 5) is 0. The quantitative estimate of drug-likeness (QED) is 0.592. The highest BCUT2D eigenvalue weighted by molar-refractivity contribution is 4.77. The Hall–Kier alpha value is -0.120. The number of aliphatic hydroxyl groups is 2. The van der Waals surface area contributed by atoms with Gasteiger partial charge in [0.15, 0.2) is 0 Å². The molecular formula is C11H23NO2. The monoisotopic (exact) mass is 201 g/mol. The van der Waals surface area contributed by atoms with Crippen molar-refractivity contribution in [2.75, 3.05) is 13.2 Å². The maximum Gasteiger partial charge on any atom is 0.0607 e. The van der Waals surface area contributed by atoms with Gasteiger partial charge in [0.25, 0.3) is 0 Å². The third kappa shape index (κ3) is 3.95. The van der Waals surface area contributed by atoms with Gasteiger partial charge in [-0.3, -0.25) is 0 Å². The van der Waals surface area contributed by atoms with Crippen molar-refractivity contribution in [3.63, 3.8) is 0 Å². The van der Waals surface area contributed by atoms with Crippen molar-refractivity contribution in [2.45, 2.75) is 51.1 Å². The lowest BCUT2D eigenvalue weighted by Crippen LogP contribution is -2.42. The fourth-order valence-electron chi connectivity index (χ4n) is 2.15. The van der Waals surface area contributed by atoms with Crippen LogP contribution in [0.3, 0.4) is 0 Å². The van der Waals surface area contributed by atoms with Crippen LogP contribution in [0.1, 0.15) is 39.0 Å². The predicted molar refractivity (Wildman–Crippen MR) is 57.1 cm³/mol. The van der Waals surface area contributed by atoms with Gasteiger partial charge in [-0.15, -0.1) is 0 Å². The molecule has 84 valence electrons. The molecule has 0 spiro atoms. The van der Waals surface area contributed by atoms with Gasteiger partial charge in [-0.05, 0) is 25.2 Å². The molecule has 2 atom stereocenters. The largest absolute Gasteiger partial charge is 0.395 e. The number of hydrogen-bond donors (Lipinski definition) is 3. The first kappa shape index (κ1) is 12.0. The van der Waals surface area contributed by atoms with Crippen molar-refractivity contribution in [3.8, 4) is 0 Å². The Bertz CT molecular complexity index is 148. The highest BCUT2D eigenvalue weighted by atomic mass is 16.3. The van der Waals surface area contributed by atoms with Crippen LogP contribution in [0.2, 0.25) is 0 Å². The zero-order chi connectivity index (χ0) is 10.4. The van der Waals surface area contributed by atoms with Crippen LogP contribution in [-0.2, 0) is 0 Å². The van der Waals surface area contributed by atoms with Gasteiger partial charge >= 0.3 is 0 Å². The lowest BCUT2D eigenvalue weighted by Gasteiger charge is -2.21. The molecule has 0 bridgehead atoms. The minimum Gasteiger partial charge on any atom is -0.395 e. The first-order valence-electron chi connectivity index (χ1n) is 5.74. The van der Waals surface area contributed by atoms with Gasteiger partial charge in [0.05, 0.1) is 19.3 Å². The Kier molecular flexibility index (Phi) is 5.45. The Morgan fingerprint density at radius 2 is 1.86 bits per heavy atom. The molecule has 3 nitrogen and oxygen atoms in total. The molecule has 1 rings (SSSR count). The van der Waals surface area contributed by atoms with E-state index >= 15 is 0 Å². The highest BCUT2D eigenvalue weighted by Gasteiger charge is 2.18. The van der Waals surface area contributed by atoms with E-state index in [4.69, 9.17) is 10.2 Å². The van der Waals surface area contributed by atoms with Gasteiger partial charge in [0, 0.05) is 6.04 Å². The Morgan fingerprint density at radius 1 is 1.14 bits per heavy atom. The molecule has 1 aliphatic rings. The second-order valence-electron chi connectivity index (χ2n) is 4.54. The van der Waals surface area contributed by atoms with Crippen LogP contribution in [0.5, 0.6) is 0 Å². The summed E-state index contributed by atoms with van der Waals surface area (Å²) >= 11 is 0. The van der Waals surface area contributed by atoms with E-state index in [-0.39, 0.29) is 19.3 Å². The molecule has 0 aromatic heterocycles. The smallest absolute Gasteiger partial charge is 0.0607 e. The minimum atomic E-state index is -0.131. The van der Waals surface area contributed by atoms with Crippen molar-refractivity contribution in [3.05, 3.63) is 0 Å². The lowest BCUT2D eigenvalue weighted by atomic mass is 10.0. The molecule has 1 aliphatic carbocycles. The summed E-state index contributed by atoms with van der Waals surface area (Å²) < 4.78 is 0. The second kappa shape index (κ2) is 6.38. The van der Waals surface area contributed by atoms with E-state index < -0.39 is 0 Å². The van der Waals surface area contributed by atoms with Crippen LogP contribution in [-0.4, -0.2) is 35.5 Å².